The van der Waals surface area contributed by atoms with Crippen LogP contribution < -0.4 is 9.62 Å². The second kappa shape index (κ2) is 6.93. The highest BCUT2D eigenvalue weighted by molar-refractivity contribution is 7.89. The first-order chi connectivity index (χ1) is 11.5. The predicted octanol–water partition coefficient (Wildman–Crippen LogP) is 2.67. The lowest BCUT2D eigenvalue weighted by atomic mass is 10.1. The van der Waals surface area contributed by atoms with Gasteiger partial charge in [-0.05, 0) is 30.2 Å². The first kappa shape index (κ1) is 17.0. The minimum Gasteiger partial charge on any atom is -0.312 e. The highest BCUT2D eigenvalue weighted by atomic mass is 35.5. The number of carbonyl (C=O) groups is 1. The van der Waals surface area contributed by atoms with Crippen LogP contribution in [0.15, 0.2) is 59.5 Å². The Bertz CT molecular complexity index is 840. The van der Waals surface area contributed by atoms with Crippen LogP contribution in [0, 0.1) is 5.92 Å². The van der Waals surface area contributed by atoms with Crippen molar-refractivity contribution in [3.05, 3.63) is 59.6 Å². The predicted molar refractivity (Wildman–Crippen MR) is 93.5 cm³/mol. The van der Waals surface area contributed by atoms with Gasteiger partial charge in [0.15, 0.2) is 0 Å². The normalized spacial score (nSPS) is 18.1. The van der Waals surface area contributed by atoms with Gasteiger partial charge < -0.3 is 4.90 Å². The number of nitrogens with one attached hydrogen (secondary N) is 1. The third-order valence-corrected chi connectivity index (χ3v) is 5.88. The SMILES string of the molecule is O=C1C[C@H](CNS(=O)(=O)c2ccccc2Cl)CN1c1ccccc1. The van der Waals surface area contributed by atoms with Crippen molar-refractivity contribution >= 4 is 33.2 Å². The van der Waals surface area contributed by atoms with Crippen LogP contribution in [0.2, 0.25) is 5.02 Å². The molecule has 1 heterocycles. The Morgan fingerprint density at radius 1 is 1.08 bits per heavy atom. The molecule has 126 valence electrons. The molecule has 5 nitrogen and oxygen atoms in total. The molecule has 7 heteroatoms. The van der Waals surface area contributed by atoms with Crippen molar-refractivity contribution < 1.29 is 13.2 Å². The molecule has 3 rings (SSSR count). The van der Waals surface area contributed by atoms with Gasteiger partial charge in [-0.3, -0.25) is 4.79 Å². The molecule has 1 atom stereocenters. The van der Waals surface area contributed by atoms with Crippen LogP contribution >= 0.6 is 11.6 Å². The number of sulfonamides is 1. The molecule has 24 heavy (non-hydrogen) atoms. The van der Waals surface area contributed by atoms with E-state index in [0.29, 0.717) is 13.0 Å². The fraction of sp³-hybridized carbons (Fsp3) is 0.235. The van der Waals surface area contributed by atoms with Crippen LogP contribution in [0.5, 0.6) is 0 Å². The minimum atomic E-state index is -3.69. The van der Waals surface area contributed by atoms with E-state index in [9.17, 15) is 13.2 Å². The molecular formula is C17H17ClN2O3S. The highest BCUT2D eigenvalue weighted by Gasteiger charge is 2.31. The molecule has 0 saturated carbocycles. The van der Waals surface area contributed by atoms with E-state index in [1.54, 1.807) is 17.0 Å². The standard InChI is InChI=1S/C17H17ClN2O3S/c18-15-8-4-5-9-16(15)24(22,23)19-11-13-10-17(21)20(12-13)14-6-2-1-3-7-14/h1-9,13,19H,10-12H2/t13-/m1/s1. The summed E-state index contributed by atoms with van der Waals surface area (Å²) in [7, 11) is -3.69. The van der Waals surface area contributed by atoms with Crippen molar-refractivity contribution in [3.63, 3.8) is 0 Å². The smallest absolute Gasteiger partial charge is 0.242 e. The number of benzene rings is 2. The quantitative estimate of drug-likeness (QED) is 0.887. The van der Waals surface area contributed by atoms with Gasteiger partial charge in [0, 0.05) is 25.2 Å². The van der Waals surface area contributed by atoms with Gasteiger partial charge in [0.1, 0.15) is 4.90 Å². The van der Waals surface area contributed by atoms with Gasteiger partial charge in [-0.25, -0.2) is 13.1 Å². The third kappa shape index (κ3) is 3.61. The molecule has 0 radical (unpaired) electrons. The van der Waals surface area contributed by atoms with Crippen molar-refractivity contribution in [1.82, 2.24) is 4.72 Å². The van der Waals surface area contributed by atoms with Crippen LogP contribution in [0.4, 0.5) is 5.69 Å². The van der Waals surface area contributed by atoms with Crippen molar-refractivity contribution in [2.45, 2.75) is 11.3 Å². The molecule has 1 amide bonds. The molecule has 1 saturated heterocycles. The molecule has 1 aliphatic heterocycles. The van der Waals surface area contributed by atoms with Crippen LogP contribution in [-0.2, 0) is 14.8 Å². The van der Waals surface area contributed by atoms with Gasteiger partial charge in [0.25, 0.3) is 0 Å². The van der Waals surface area contributed by atoms with Crippen molar-refractivity contribution in [1.29, 1.82) is 0 Å². The molecule has 2 aromatic rings. The van der Waals surface area contributed by atoms with Crippen LogP contribution in [0.1, 0.15) is 6.42 Å². The molecule has 1 N–H and O–H groups in total. The van der Waals surface area contributed by atoms with E-state index in [0.717, 1.165) is 5.69 Å². The van der Waals surface area contributed by atoms with E-state index in [1.807, 2.05) is 30.3 Å². The maximum Gasteiger partial charge on any atom is 0.242 e. The third-order valence-electron chi connectivity index (χ3n) is 3.96. The number of para-hydroxylation sites is 1. The fourth-order valence-electron chi connectivity index (χ4n) is 2.74. The lowest BCUT2D eigenvalue weighted by Crippen LogP contribution is -2.31. The first-order valence-electron chi connectivity index (χ1n) is 7.57. The highest BCUT2D eigenvalue weighted by Crippen LogP contribution is 2.25. The molecule has 0 bridgehead atoms. The maximum atomic E-state index is 12.3. The summed E-state index contributed by atoms with van der Waals surface area (Å²) in [6.07, 6.45) is 0.319. The summed E-state index contributed by atoms with van der Waals surface area (Å²) >= 11 is 5.95. The molecule has 0 aromatic heterocycles. The van der Waals surface area contributed by atoms with Crippen LogP contribution in [-0.4, -0.2) is 27.4 Å². The lowest BCUT2D eigenvalue weighted by Gasteiger charge is -2.17. The summed E-state index contributed by atoms with van der Waals surface area (Å²) in [6.45, 7) is 0.691. The van der Waals surface area contributed by atoms with E-state index in [-0.39, 0.29) is 28.3 Å². The zero-order chi connectivity index (χ0) is 17.2. The molecule has 1 fully saturated rings. The van der Waals surface area contributed by atoms with Gasteiger partial charge in [0.2, 0.25) is 15.9 Å². The van der Waals surface area contributed by atoms with Gasteiger partial charge in [0.05, 0.1) is 5.02 Å². The summed E-state index contributed by atoms with van der Waals surface area (Å²) in [5.41, 5.74) is 0.832. The summed E-state index contributed by atoms with van der Waals surface area (Å²) in [6, 6.07) is 15.7. The lowest BCUT2D eigenvalue weighted by molar-refractivity contribution is -0.117. The maximum absolute atomic E-state index is 12.3. The average Bonchev–Trinajstić information content (AvgIpc) is 2.95. The Morgan fingerprint density at radius 3 is 2.46 bits per heavy atom. The largest absolute Gasteiger partial charge is 0.312 e. The summed E-state index contributed by atoms with van der Waals surface area (Å²) in [4.78, 5) is 13.9. The number of anilines is 1. The summed E-state index contributed by atoms with van der Waals surface area (Å²) in [5.74, 6) is -0.0712. The molecule has 0 unspecified atom stereocenters. The number of hydrogen-bond acceptors (Lipinski definition) is 3. The Hall–Kier alpha value is -1.89. The van der Waals surface area contributed by atoms with Crippen LogP contribution in [0.3, 0.4) is 0 Å². The van der Waals surface area contributed by atoms with E-state index in [2.05, 4.69) is 4.72 Å². The second-order valence-corrected chi connectivity index (χ2v) is 7.83. The number of hydrogen-bond donors (Lipinski definition) is 1. The second-order valence-electron chi connectivity index (χ2n) is 5.69. The first-order valence-corrected chi connectivity index (χ1v) is 9.43. The zero-order valence-electron chi connectivity index (χ0n) is 12.9. The van der Waals surface area contributed by atoms with E-state index >= 15 is 0 Å². The summed E-state index contributed by atoms with van der Waals surface area (Å²) < 4.78 is 27.3. The molecule has 2 aromatic carbocycles. The Balaban J connectivity index is 1.66. The molecule has 1 aliphatic rings. The number of amides is 1. The van der Waals surface area contributed by atoms with Gasteiger partial charge in [-0.1, -0.05) is 41.9 Å². The molecular weight excluding hydrogens is 348 g/mol. The van der Waals surface area contributed by atoms with Gasteiger partial charge in [-0.2, -0.15) is 0 Å². The Kier molecular flexibility index (Phi) is 4.89. The van der Waals surface area contributed by atoms with Gasteiger partial charge in [-0.15, -0.1) is 0 Å². The minimum absolute atomic E-state index is 0.00291. The Morgan fingerprint density at radius 2 is 1.75 bits per heavy atom. The van der Waals surface area contributed by atoms with E-state index < -0.39 is 10.0 Å². The number of halogens is 1. The number of carbonyl (C=O) groups excluding carboxylic acids is 1. The number of rotatable bonds is 5. The molecule has 0 spiro atoms. The average molecular weight is 365 g/mol. The van der Waals surface area contributed by atoms with Crippen LogP contribution in [0.25, 0.3) is 0 Å². The van der Waals surface area contributed by atoms with E-state index in [1.165, 1.54) is 12.1 Å². The van der Waals surface area contributed by atoms with E-state index in [4.69, 9.17) is 11.6 Å². The Labute approximate surface area is 146 Å². The zero-order valence-corrected chi connectivity index (χ0v) is 14.4. The van der Waals surface area contributed by atoms with Gasteiger partial charge >= 0.3 is 0 Å². The topological polar surface area (TPSA) is 66.5 Å². The fourth-order valence-corrected chi connectivity index (χ4v) is 4.38. The van der Waals surface area contributed by atoms with Crippen molar-refractivity contribution in [3.8, 4) is 0 Å². The monoisotopic (exact) mass is 364 g/mol. The summed E-state index contributed by atoms with van der Waals surface area (Å²) in [5, 5.41) is 0.179. The van der Waals surface area contributed by atoms with Crippen molar-refractivity contribution in [2.75, 3.05) is 18.0 Å². The van der Waals surface area contributed by atoms with Crippen molar-refractivity contribution in [2.24, 2.45) is 5.92 Å². The molecule has 0 aliphatic carbocycles. The number of nitrogens with zero attached hydrogens (tertiary/aromatic N) is 1.